The summed E-state index contributed by atoms with van der Waals surface area (Å²) in [6, 6.07) is 7.74. The molecule has 0 bridgehead atoms. The van der Waals surface area contributed by atoms with E-state index in [1.54, 1.807) is 18.2 Å². The van der Waals surface area contributed by atoms with E-state index in [1.807, 2.05) is 0 Å². The van der Waals surface area contributed by atoms with E-state index in [4.69, 9.17) is 39.5 Å². The zero-order chi connectivity index (χ0) is 15.6. The number of hydrogen-bond donors (Lipinski definition) is 0. The third-order valence-corrected chi connectivity index (χ3v) is 4.16. The number of nitrogens with zero attached hydrogens (tertiary/aromatic N) is 1. The summed E-state index contributed by atoms with van der Waals surface area (Å²) in [6.07, 6.45) is 0. The number of nitro groups is 1. The smallest absolute Gasteiger partial charge is 0.312 e. The second-order valence-corrected chi connectivity index (χ2v) is 6.15. The van der Waals surface area contributed by atoms with Gasteiger partial charge in [-0.15, -0.1) is 0 Å². The molecule has 0 saturated carbocycles. The normalized spacial score (nSPS) is 10.5. The quantitative estimate of drug-likeness (QED) is 0.465. The lowest BCUT2D eigenvalue weighted by atomic mass is 10.2. The van der Waals surface area contributed by atoms with Gasteiger partial charge in [-0.2, -0.15) is 0 Å². The van der Waals surface area contributed by atoms with Crippen molar-refractivity contribution >= 4 is 56.4 Å². The minimum atomic E-state index is -0.583. The molecule has 2 aromatic carbocycles. The second kappa shape index (κ2) is 6.83. The topological polar surface area (TPSA) is 52.4 Å². The first-order valence-electron chi connectivity index (χ1n) is 5.58. The molecular formula is C13H7BrCl3NO3. The second-order valence-electron chi connectivity index (χ2n) is 4.02. The zero-order valence-electron chi connectivity index (χ0n) is 10.3. The Morgan fingerprint density at radius 2 is 1.76 bits per heavy atom. The monoisotopic (exact) mass is 409 g/mol. The van der Waals surface area contributed by atoms with Crippen LogP contribution >= 0.6 is 50.7 Å². The highest BCUT2D eigenvalue weighted by molar-refractivity contribution is 9.10. The summed E-state index contributed by atoms with van der Waals surface area (Å²) in [7, 11) is 0. The van der Waals surface area contributed by atoms with Crippen molar-refractivity contribution in [2.45, 2.75) is 6.61 Å². The van der Waals surface area contributed by atoms with Crippen molar-refractivity contribution in [2.24, 2.45) is 0 Å². The Morgan fingerprint density at radius 3 is 2.38 bits per heavy atom. The number of halogens is 4. The number of nitro benzene ring substituents is 1. The molecule has 0 aromatic heterocycles. The molecule has 4 nitrogen and oxygen atoms in total. The average molecular weight is 411 g/mol. The highest BCUT2D eigenvalue weighted by Gasteiger charge is 2.18. The molecule has 0 heterocycles. The lowest BCUT2D eigenvalue weighted by Gasteiger charge is -2.09. The van der Waals surface area contributed by atoms with Crippen molar-refractivity contribution in [1.82, 2.24) is 0 Å². The van der Waals surface area contributed by atoms with Gasteiger partial charge in [0.25, 0.3) is 0 Å². The average Bonchev–Trinajstić information content (AvgIpc) is 2.41. The van der Waals surface area contributed by atoms with Crippen molar-refractivity contribution in [3.8, 4) is 5.75 Å². The number of ether oxygens (including phenoxy) is 1. The Morgan fingerprint density at radius 1 is 1.10 bits per heavy atom. The van der Waals surface area contributed by atoms with Crippen LogP contribution in [0.3, 0.4) is 0 Å². The molecule has 0 atom stereocenters. The number of rotatable bonds is 4. The maximum absolute atomic E-state index is 11.0. The van der Waals surface area contributed by atoms with E-state index in [-0.39, 0.29) is 28.1 Å². The summed E-state index contributed by atoms with van der Waals surface area (Å²) in [5.74, 6) is 0.0355. The fraction of sp³-hybridized carbons (Fsp3) is 0.0769. The van der Waals surface area contributed by atoms with Crippen molar-refractivity contribution < 1.29 is 9.66 Å². The van der Waals surface area contributed by atoms with Gasteiger partial charge in [0.15, 0.2) is 5.75 Å². The van der Waals surface area contributed by atoms with Crippen LogP contribution in [0.2, 0.25) is 15.1 Å². The lowest BCUT2D eigenvalue weighted by Crippen LogP contribution is -2.00. The summed E-state index contributed by atoms with van der Waals surface area (Å²) in [5.41, 5.74) is 0.442. The van der Waals surface area contributed by atoms with Crippen molar-refractivity contribution in [3.63, 3.8) is 0 Å². The molecule has 110 valence electrons. The van der Waals surface area contributed by atoms with E-state index in [1.165, 1.54) is 6.07 Å². The highest BCUT2D eigenvalue weighted by atomic mass is 79.9. The highest BCUT2D eigenvalue weighted by Crippen LogP contribution is 2.36. The Balaban J connectivity index is 2.27. The molecule has 8 heteroatoms. The van der Waals surface area contributed by atoms with Gasteiger partial charge in [-0.3, -0.25) is 10.1 Å². The summed E-state index contributed by atoms with van der Waals surface area (Å²) < 4.78 is 6.29. The molecular weight excluding hydrogens is 404 g/mol. The van der Waals surface area contributed by atoms with Crippen LogP contribution in [0.15, 0.2) is 34.8 Å². The van der Waals surface area contributed by atoms with Gasteiger partial charge in [-0.25, -0.2) is 0 Å². The van der Waals surface area contributed by atoms with E-state index in [2.05, 4.69) is 15.9 Å². The van der Waals surface area contributed by atoms with Crippen LogP contribution in [0.25, 0.3) is 0 Å². The predicted molar refractivity (Wildman–Crippen MR) is 86.6 cm³/mol. The molecule has 0 radical (unpaired) electrons. The van der Waals surface area contributed by atoms with Gasteiger partial charge in [0.1, 0.15) is 6.61 Å². The number of benzene rings is 2. The molecule has 0 unspecified atom stereocenters. The zero-order valence-corrected chi connectivity index (χ0v) is 14.1. The first-order chi connectivity index (χ1) is 9.88. The molecule has 2 rings (SSSR count). The molecule has 0 amide bonds. The maximum Gasteiger partial charge on any atom is 0.312 e. The van der Waals surface area contributed by atoms with E-state index in [0.717, 1.165) is 10.5 Å². The first-order valence-corrected chi connectivity index (χ1v) is 7.51. The fourth-order valence-electron chi connectivity index (χ4n) is 1.57. The van der Waals surface area contributed by atoms with Gasteiger partial charge in [0.2, 0.25) is 0 Å². The molecule has 0 fully saturated rings. The standard InChI is InChI=1S/C13H7BrCl3NO3/c14-8-2-1-7(9(15)3-8)6-21-13-5-11(17)10(16)4-12(13)18(19)20/h1-5H,6H2. The minimum absolute atomic E-state index is 0.0355. The fourth-order valence-corrected chi connectivity index (χ4v) is 2.61. The van der Waals surface area contributed by atoms with Gasteiger partial charge in [-0.05, 0) is 12.1 Å². The van der Waals surface area contributed by atoms with E-state index < -0.39 is 4.92 Å². The lowest BCUT2D eigenvalue weighted by molar-refractivity contribution is -0.385. The Hall–Kier alpha value is -1.01. The molecule has 21 heavy (non-hydrogen) atoms. The SMILES string of the molecule is O=[N+]([O-])c1cc(Cl)c(Cl)cc1OCc1ccc(Br)cc1Cl. The van der Waals surface area contributed by atoms with Crippen LogP contribution < -0.4 is 4.74 Å². The van der Waals surface area contributed by atoms with Crippen LogP contribution in [0.5, 0.6) is 5.75 Å². The Labute approximate surface area is 143 Å². The minimum Gasteiger partial charge on any atom is -0.482 e. The first kappa shape index (κ1) is 16.4. The van der Waals surface area contributed by atoms with Crippen LogP contribution in [0, 0.1) is 10.1 Å². The predicted octanol–water partition coefficient (Wildman–Crippen LogP) is 5.90. The van der Waals surface area contributed by atoms with E-state index in [0.29, 0.717) is 10.6 Å². The van der Waals surface area contributed by atoms with E-state index >= 15 is 0 Å². The van der Waals surface area contributed by atoms with Gasteiger partial charge in [0, 0.05) is 27.2 Å². The molecule has 0 N–H and O–H groups in total. The van der Waals surface area contributed by atoms with Gasteiger partial charge in [0.05, 0.1) is 15.0 Å². The molecule has 0 aliphatic rings. The number of hydrogen-bond acceptors (Lipinski definition) is 3. The van der Waals surface area contributed by atoms with Crippen LogP contribution in [-0.4, -0.2) is 4.92 Å². The van der Waals surface area contributed by atoms with Gasteiger partial charge >= 0.3 is 5.69 Å². The van der Waals surface area contributed by atoms with Crippen molar-refractivity contribution in [3.05, 3.63) is 65.6 Å². The van der Waals surface area contributed by atoms with Gasteiger partial charge in [-0.1, -0.05) is 56.8 Å². The maximum atomic E-state index is 11.0. The van der Waals surface area contributed by atoms with Crippen molar-refractivity contribution in [1.29, 1.82) is 0 Å². The summed E-state index contributed by atoms with van der Waals surface area (Å²) in [4.78, 5) is 10.4. The Bertz CT molecular complexity index is 709. The third kappa shape index (κ3) is 4.01. The molecule has 0 spiro atoms. The molecule has 2 aromatic rings. The third-order valence-electron chi connectivity index (χ3n) is 2.60. The van der Waals surface area contributed by atoms with Crippen molar-refractivity contribution in [2.75, 3.05) is 0 Å². The van der Waals surface area contributed by atoms with Crippen LogP contribution in [0.4, 0.5) is 5.69 Å². The molecule has 0 aliphatic carbocycles. The van der Waals surface area contributed by atoms with Crippen LogP contribution in [0.1, 0.15) is 5.56 Å². The molecule has 0 aliphatic heterocycles. The molecule has 0 saturated heterocycles. The summed E-state index contributed by atoms with van der Waals surface area (Å²) in [5, 5.41) is 11.8. The van der Waals surface area contributed by atoms with Gasteiger partial charge < -0.3 is 4.74 Å². The van der Waals surface area contributed by atoms with E-state index in [9.17, 15) is 10.1 Å². The Kier molecular flexibility index (Phi) is 5.32. The summed E-state index contributed by atoms with van der Waals surface area (Å²) in [6.45, 7) is 0.0743. The largest absolute Gasteiger partial charge is 0.482 e. The van der Waals surface area contributed by atoms with Crippen LogP contribution in [-0.2, 0) is 6.61 Å². The summed E-state index contributed by atoms with van der Waals surface area (Å²) >= 11 is 21.0.